The van der Waals surface area contributed by atoms with Gasteiger partial charge in [-0.2, -0.15) is 0 Å². The molecule has 1 aliphatic rings. The van der Waals surface area contributed by atoms with E-state index in [0.717, 1.165) is 55.6 Å². The first-order valence-corrected chi connectivity index (χ1v) is 27.4. The number of fused-ring (bicyclic) bond motifs is 15. The van der Waals surface area contributed by atoms with Crippen molar-refractivity contribution >= 4 is 87.4 Å². The molecule has 4 aromatic heterocycles. The van der Waals surface area contributed by atoms with Crippen LogP contribution >= 0.6 is 0 Å². The average Bonchev–Trinajstić information content (AvgIpc) is 4.35. The number of para-hydroxylation sites is 4. The van der Waals surface area contributed by atoms with E-state index in [-0.39, 0.29) is 5.41 Å². The van der Waals surface area contributed by atoms with E-state index in [1.807, 2.05) is 0 Å². The van der Waals surface area contributed by atoms with Crippen LogP contribution in [0.1, 0.15) is 25.0 Å². The molecule has 0 aliphatic heterocycles. The molecule has 4 heterocycles. The zero-order chi connectivity index (χ0) is 52.1. The molecule has 0 radical (unpaired) electrons. The SMILES string of the molecule is CC1(C)c2ccccc2-c2ccc(-n3c4ccccc4c4cc(-c5cccc6oc7ccc(-c8ccc9c(c8)c8cc(-c%10ccc%11c%12ccccc%12n(-c%12ccccc%12)c%11c%10)ccc8n9-c8ccccc8)cc7c56)ccc43)cc21. The van der Waals surface area contributed by atoms with E-state index >= 15 is 0 Å². The van der Waals surface area contributed by atoms with Crippen molar-refractivity contribution in [3.63, 3.8) is 0 Å². The largest absolute Gasteiger partial charge is 0.456 e. The lowest BCUT2D eigenvalue weighted by molar-refractivity contribution is 0.660. The molecule has 0 N–H and O–H groups in total. The van der Waals surface area contributed by atoms with E-state index < -0.39 is 0 Å². The van der Waals surface area contributed by atoms with Crippen molar-refractivity contribution in [2.75, 3.05) is 0 Å². The third-order valence-corrected chi connectivity index (χ3v) is 17.4. The second-order valence-electron chi connectivity index (χ2n) is 22.0. The van der Waals surface area contributed by atoms with Crippen LogP contribution < -0.4 is 0 Å². The molecule has 0 unspecified atom stereocenters. The maximum atomic E-state index is 6.70. The summed E-state index contributed by atoms with van der Waals surface area (Å²) in [5.74, 6) is 0. The van der Waals surface area contributed by atoms with Crippen molar-refractivity contribution in [1.82, 2.24) is 13.7 Å². The average molecular weight is 1010 g/mol. The number of aromatic nitrogens is 3. The lowest BCUT2D eigenvalue weighted by atomic mass is 9.82. The molecular formula is C75H49N3O. The van der Waals surface area contributed by atoms with Gasteiger partial charge in [0.05, 0.1) is 33.1 Å². The molecule has 370 valence electrons. The Hall–Kier alpha value is -10.2. The van der Waals surface area contributed by atoms with Crippen molar-refractivity contribution in [3.8, 4) is 61.6 Å². The van der Waals surface area contributed by atoms with E-state index in [0.29, 0.717) is 0 Å². The minimum absolute atomic E-state index is 0.0930. The van der Waals surface area contributed by atoms with Crippen molar-refractivity contribution < 1.29 is 4.42 Å². The quantitative estimate of drug-likeness (QED) is 0.163. The predicted molar refractivity (Wildman–Crippen MR) is 331 cm³/mol. The first-order chi connectivity index (χ1) is 38.9. The molecule has 0 spiro atoms. The molecule has 0 saturated heterocycles. The molecule has 0 amide bonds. The molecule has 4 nitrogen and oxygen atoms in total. The standard InChI is InChI=1S/C75H49N3O/c1-75(2)64-24-12-9-20-55(64)56-35-33-53(45-65(56)75)78-67-26-14-11-22-58(67)60-43-50(31-38-68(60)78)54-23-15-27-73-74(54)63-42-48(32-39-72(63)79-73)46-29-36-69-61(40-46)62-41-47(30-37-70(62)76(69)51-16-5-3-6-17-51)49-28-34-59-57-21-10-13-25-66(57)77(71(59)44-49)52-18-7-4-8-19-52/h3-45H,1-2H3. The van der Waals surface area contributed by atoms with Crippen molar-refractivity contribution in [3.05, 3.63) is 272 Å². The summed E-state index contributed by atoms with van der Waals surface area (Å²) in [7, 11) is 0. The Morgan fingerprint density at radius 2 is 0.734 bits per heavy atom. The highest BCUT2D eigenvalue weighted by atomic mass is 16.3. The van der Waals surface area contributed by atoms with Gasteiger partial charge in [0.2, 0.25) is 0 Å². The van der Waals surface area contributed by atoms with Gasteiger partial charge in [0, 0.05) is 65.6 Å². The second-order valence-corrected chi connectivity index (χ2v) is 22.0. The Kier molecular flexibility index (Phi) is 9.15. The molecule has 79 heavy (non-hydrogen) atoms. The van der Waals surface area contributed by atoms with Gasteiger partial charge < -0.3 is 18.1 Å². The third-order valence-electron chi connectivity index (χ3n) is 17.4. The molecule has 16 aromatic rings. The van der Waals surface area contributed by atoms with Gasteiger partial charge in [-0.05, 0) is 165 Å². The van der Waals surface area contributed by atoms with E-state index in [1.165, 1.54) is 104 Å². The fraction of sp³-hybridized carbons (Fsp3) is 0.0400. The van der Waals surface area contributed by atoms with Crippen LogP contribution in [-0.2, 0) is 5.41 Å². The lowest BCUT2D eigenvalue weighted by Crippen LogP contribution is -2.15. The lowest BCUT2D eigenvalue weighted by Gasteiger charge is -2.22. The summed E-state index contributed by atoms with van der Waals surface area (Å²) in [6, 6.07) is 96.2. The first kappa shape index (κ1) is 44.0. The van der Waals surface area contributed by atoms with E-state index in [9.17, 15) is 0 Å². The van der Waals surface area contributed by atoms with E-state index in [2.05, 4.69) is 288 Å². The molecule has 0 bridgehead atoms. The number of rotatable bonds is 6. The van der Waals surface area contributed by atoms with Gasteiger partial charge in [-0.25, -0.2) is 0 Å². The van der Waals surface area contributed by atoms with Gasteiger partial charge in [0.25, 0.3) is 0 Å². The number of hydrogen-bond acceptors (Lipinski definition) is 1. The van der Waals surface area contributed by atoms with Crippen LogP contribution in [0.25, 0.3) is 149 Å². The highest BCUT2D eigenvalue weighted by molar-refractivity contribution is 6.17. The highest BCUT2D eigenvalue weighted by Crippen LogP contribution is 2.50. The second kappa shape index (κ2) is 16.4. The monoisotopic (exact) mass is 1010 g/mol. The van der Waals surface area contributed by atoms with E-state index in [1.54, 1.807) is 0 Å². The van der Waals surface area contributed by atoms with Crippen LogP contribution in [0.5, 0.6) is 0 Å². The van der Waals surface area contributed by atoms with Crippen LogP contribution in [0, 0.1) is 0 Å². The smallest absolute Gasteiger partial charge is 0.136 e. The zero-order valence-electron chi connectivity index (χ0n) is 43.6. The van der Waals surface area contributed by atoms with Gasteiger partial charge in [0.15, 0.2) is 0 Å². The Balaban J connectivity index is 0.799. The summed E-state index contributed by atoms with van der Waals surface area (Å²) in [5.41, 5.74) is 24.6. The molecule has 4 heteroatoms. The molecule has 17 rings (SSSR count). The van der Waals surface area contributed by atoms with Crippen LogP contribution in [0.4, 0.5) is 0 Å². The molecule has 0 fully saturated rings. The topological polar surface area (TPSA) is 27.9 Å². The fourth-order valence-electron chi connectivity index (χ4n) is 13.7. The number of furan rings is 1. The van der Waals surface area contributed by atoms with Crippen LogP contribution in [0.2, 0.25) is 0 Å². The van der Waals surface area contributed by atoms with Crippen LogP contribution in [-0.4, -0.2) is 13.7 Å². The van der Waals surface area contributed by atoms with Crippen molar-refractivity contribution in [2.24, 2.45) is 0 Å². The first-order valence-electron chi connectivity index (χ1n) is 27.4. The van der Waals surface area contributed by atoms with Gasteiger partial charge >= 0.3 is 0 Å². The molecule has 12 aromatic carbocycles. The Bertz CT molecular complexity index is 5220. The normalized spacial score (nSPS) is 13.0. The van der Waals surface area contributed by atoms with Crippen LogP contribution in [0.3, 0.4) is 0 Å². The Labute approximate surface area is 455 Å². The van der Waals surface area contributed by atoms with E-state index in [4.69, 9.17) is 4.42 Å². The summed E-state index contributed by atoms with van der Waals surface area (Å²) in [5, 5.41) is 9.60. The van der Waals surface area contributed by atoms with Crippen molar-refractivity contribution in [2.45, 2.75) is 19.3 Å². The van der Waals surface area contributed by atoms with Gasteiger partial charge in [-0.1, -0.05) is 166 Å². The molecule has 1 aliphatic carbocycles. The zero-order valence-corrected chi connectivity index (χ0v) is 43.6. The summed E-state index contributed by atoms with van der Waals surface area (Å²) < 4.78 is 14.0. The van der Waals surface area contributed by atoms with Gasteiger partial charge in [-0.15, -0.1) is 0 Å². The molecular weight excluding hydrogens is 959 g/mol. The summed E-state index contributed by atoms with van der Waals surface area (Å²) in [6.45, 7) is 4.72. The number of benzene rings is 12. The molecule has 0 saturated carbocycles. The summed E-state index contributed by atoms with van der Waals surface area (Å²) in [6.07, 6.45) is 0. The third kappa shape index (κ3) is 6.37. The Morgan fingerprint density at radius 3 is 1.43 bits per heavy atom. The van der Waals surface area contributed by atoms with Crippen LogP contribution in [0.15, 0.2) is 265 Å². The predicted octanol–water partition coefficient (Wildman–Crippen LogP) is 20.2. The fourth-order valence-corrected chi connectivity index (χ4v) is 13.7. The van der Waals surface area contributed by atoms with Gasteiger partial charge in [0.1, 0.15) is 11.2 Å². The van der Waals surface area contributed by atoms with Gasteiger partial charge in [-0.3, -0.25) is 0 Å². The summed E-state index contributed by atoms with van der Waals surface area (Å²) in [4.78, 5) is 0. The number of hydrogen-bond donors (Lipinski definition) is 0. The van der Waals surface area contributed by atoms with Crippen molar-refractivity contribution in [1.29, 1.82) is 0 Å². The Morgan fingerprint density at radius 1 is 0.266 bits per heavy atom. The minimum Gasteiger partial charge on any atom is -0.456 e. The minimum atomic E-state index is -0.0930. The maximum absolute atomic E-state index is 6.70. The maximum Gasteiger partial charge on any atom is 0.136 e. The number of nitrogens with zero attached hydrogens (tertiary/aromatic N) is 3. The highest BCUT2D eigenvalue weighted by Gasteiger charge is 2.35. The summed E-state index contributed by atoms with van der Waals surface area (Å²) >= 11 is 0. The molecule has 0 atom stereocenters.